The zero-order valence-electron chi connectivity index (χ0n) is 14.2. The molecule has 6 heteroatoms. The van der Waals surface area contributed by atoms with E-state index in [4.69, 9.17) is 4.84 Å². The van der Waals surface area contributed by atoms with Gasteiger partial charge in [0, 0.05) is 6.42 Å². The molecule has 0 spiro atoms. The van der Waals surface area contributed by atoms with Gasteiger partial charge in [0.05, 0.1) is 31.2 Å². The topological polar surface area (TPSA) is 64.1 Å². The van der Waals surface area contributed by atoms with Gasteiger partial charge in [-0.2, -0.15) is 18.1 Å². The quantitative estimate of drug-likeness (QED) is 0.475. The van der Waals surface area contributed by atoms with Crippen LogP contribution in [0.2, 0.25) is 0 Å². The van der Waals surface area contributed by atoms with Crippen molar-refractivity contribution in [2.45, 2.75) is 33.1 Å². The molecule has 0 atom stereocenters. The van der Waals surface area contributed by atoms with Crippen molar-refractivity contribution in [2.24, 2.45) is 11.8 Å². The summed E-state index contributed by atoms with van der Waals surface area (Å²) < 4.78 is 0. The molecule has 126 valence electrons. The Kier molecular flexibility index (Phi) is 6.33. The first-order chi connectivity index (χ1) is 11.1. The van der Waals surface area contributed by atoms with Crippen LogP contribution < -0.4 is 5.48 Å². The lowest BCUT2D eigenvalue weighted by Crippen LogP contribution is -2.23. The fourth-order valence-corrected chi connectivity index (χ4v) is 2.89. The van der Waals surface area contributed by atoms with Crippen LogP contribution in [0.3, 0.4) is 0 Å². The van der Waals surface area contributed by atoms with Gasteiger partial charge >= 0.3 is 0 Å². The molecule has 5 nitrogen and oxygen atoms in total. The molecule has 0 unspecified atom stereocenters. The largest absolute Gasteiger partial charge is 0.305 e. The van der Waals surface area contributed by atoms with E-state index in [0.717, 1.165) is 17.8 Å². The van der Waals surface area contributed by atoms with E-state index in [9.17, 15) is 4.79 Å². The van der Waals surface area contributed by atoms with Gasteiger partial charge in [0.2, 0.25) is 0 Å². The number of hydrogen-bond donors (Lipinski definition) is 2. The van der Waals surface area contributed by atoms with Crippen LogP contribution in [0.15, 0.2) is 11.8 Å². The van der Waals surface area contributed by atoms with E-state index < -0.39 is 0 Å². The number of carbonyl (C=O) groups excluding carboxylic acids is 1. The third-order valence-electron chi connectivity index (χ3n) is 4.15. The summed E-state index contributed by atoms with van der Waals surface area (Å²) in [5, 5.41) is 0. The van der Waals surface area contributed by atoms with E-state index in [0.29, 0.717) is 17.5 Å². The van der Waals surface area contributed by atoms with Gasteiger partial charge in [-0.05, 0) is 36.5 Å². The average molecular weight is 335 g/mol. The number of nitrogens with zero attached hydrogens (tertiary/aromatic N) is 2. The molecule has 23 heavy (non-hydrogen) atoms. The molecule has 0 saturated heterocycles. The minimum Gasteiger partial charge on any atom is -0.305 e. The smallest absolute Gasteiger partial charge is 0.198 e. The Hall–Kier alpha value is -1.24. The molecule has 2 aliphatic rings. The molecule has 0 amide bonds. The van der Waals surface area contributed by atoms with Crippen LogP contribution in [-0.4, -0.2) is 35.7 Å². The number of aromatic nitrogens is 2. The van der Waals surface area contributed by atoms with Gasteiger partial charge in [-0.15, -0.1) is 0 Å². The van der Waals surface area contributed by atoms with E-state index in [1.165, 1.54) is 31.1 Å². The van der Waals surface area contributed by atoms with Crippen LogP contribution in [0.25, 0.3) is 5.57 Å². The summed E-state index contributed by atoms with van der Waals surface area (Å²) in [6, 6.07) is 0. The fourth-order valence-electron chi connectivity index (χ4n) is 2.89. The van der Waals surface area contributed by atoms with Crippen molar-refractivity contribution in [3.63, 3.8) is 0 Å². The highest BCUT2D eigenvalue weighted by molar-refractivity contribution is 7.79. The molecule has 0 radical (unpaired) electrons. The van der Waals surface area contributed by atoms with E-state index in [1.54, 1.807) is 12.5 Å². The summed E-state index contributed by atoms with van der Waals surface area (Å²) in [4.78, 5) is 25.9. The highest BCUT2D eigenvalue weighted by Gasteiger charge is 2.36. The van der Waals surface area contributed by atoms with Gasteiger partial charge in [0.1, 0.15) is 5.69 Å². The van der Waals surface area contributed by atoms with Gasteiger partial charge in [-0.25, -0.2) is 4.98 Å². The van der Waals surface area contributed by atoms with Crippen LogP contribution in [0.4, 0.5) is 0 Å². The minimum absolute atomic E-state index is 0.0970. The number of rotatable bonds is 6. The van der Waals surface area contributed by atoms with E-state index >= 15 is 0 Å². The van der Waals surface area contributed by atoms with Crippen LogP contribution in [-0.2, 0) is 11.3 Å². The van der Waals surface area contributed by atoms with Crippen molar-refractivity contribution in [3.05, 3.63) is 28.9 Å². The molecule has 1 N–H and O–H groups in total. The first kappa shape index (κ1) is 18.1. The number of hydrogen-bond acceptors (Lipinski definition) is 6. The Balaban J connectivity index is 0.000000924. The van der Waals surface area contributed by atoms with Crippen molar-refractivity contribution in [3.8, 4) is 0 Å². The first-order valence-electron chi connectivity index (χ1n) is 7.94. The SMILES string of the molecule is CONCC(=O)c1cnc2c(n1)C(C1CC1)=C(C(C)C)C2.CS. The van der Waals surface area contributed by atoms with Gasteiger partial charge < -0.3 is 4.84 Å². The summed E-state index contributed by atoms with van der Waals surface area (Å²) in [5.41, 5.74) is 7.78. The summed E-state index contributed by atoms with van der Waals surface area (Å²) in [6.45, 7) is 4.56. The maximum Gasteiger partial charge on any atom is 0.198 e. The standard InChI is InChI=1S/C16H21N3O2.CH4S/c1-9(2)11-6-12-16(15(11)10-4-5-10)19-13(7-17-12)14(20)8-18-21-3;1-2/h7,9-10,18H,4-6,8H2,1-3H3;2H,1H3. The summed E-state index contributed by atoms with van der Waals surface area (Å²) >= 11 is 3.53. The molecule has 1 fully saturated rings. The number of thiol groups is 1. The van der Waals surface area contributed by atoms with Crippen LogP contribution in [0.1, 0.15) is 48.6 Å². The van der Waals surface area contributed by atoms with Crippen LogP contribution >= 0.6 is 12.6 Å². The number of nitrogens with one attached hydrogen (secondary N) is 1. The number of hydroxylamine groups is 1. The summed E-state index contributed by atoms with van der Waals surface area (Å²) in [5.74, 6) is 1.03. The maximum absolute atomic E-state index is 12.0. The second-order valence-corrected chi connectivity index (χ2v) is 6.04. The number of carbonyl (C=O) groups is 1. The number of ketones is 1. The van der Waals surface area contributed by atoms with Gasteiger partial charge in [-0.1, -0.05) is 19.4 Å². The molecule has 3 rings (SSSR count). The fraction of sp³-hybridized carbons (Fsp3) is 0.588. The highest BCUT2D eigenvalue weighted by atomic mass is 32.1. The molecule has 1 aromatic heterocycles. The lowest BCUT2D eigenvalue weighted by molar-refractivity contribution is 0.0732. The Labute approximate surface area is 143 Å². The monoisotopic (exact) mass is 335 g/mol. The second kappa shape index (κ2) is 8.04. The second-order valence-electron chi connectivity index (χ2n) is 6.04. The molecule has 0 aromatic carbocycles. The number of allylic oxidation sites excluding steroid dienone is 2. The Morgan fingerprint density at radius 2 is 2.13 bits per heavy atom. The Morgan fingerprint density at radius 3 is 2.70 bits per heavy atom. The first-order valence-corrected chi connectivity index (χ1v) is 8.84. The van der Waals surface area contributed by atoms with Gasteiger partial charge in [-0.3, -0.25) is 9.78 Å². The van der Waals surface area contributed by atoms with Crippen molar-refractivity contribution in [1.29, 1.82) is 0 Å². The zero-order valence-corrected chi connectivity index (χ0v) is 15.1. The van der Waals surface area contributed by atoms with Crippen LogP contribution in [0.5, 0.6) is 0 Å². The molecule has 0 aliphatic heterocycles. The third kappa shape index (κ3) is 4.00. The predicted molar refractivity (Wildman–Crippen MR) is 94.5 cm³/mol. The molecular formula is C17H25N3O2S. The van der Waals surface area contributed by atoms with Gasteiger partial charge in [0.15, 0.2) is 5.78 Å². The Morgan fingerprint density at radius 1 is 1.43 bits per heavy atom. The molecule has 1 saturated carbocycles. The highest BCUT2D eigenvalue weighted by Crippen LogP contribution is 2.48. The molecule has 0 bridgehead atoms. The van der Waals surface area contributed by atoms with Gasteiger partial charge in [0.25, 0.3) is 0 Å². The maximum atomic E-state index is 12.0. The minimum atomic E-state index is -0.0970. The Bertz CT molecular complexity index is 610. The predicted octanol–water partition coefficient (Wildman–Crippen LogP) is 2.73. The molecule has 1 aromatic rings. The van der Waals surface area contributed by atoms with E-state index in [2.05, 4.69) is 41.9 Å². The van der Waals surface area contributed by atoms with Crippen molar-refractivity contribution < 1.29 is 9.63 Å². The number of Topliss-reactive ketones (excluding diaryl/α,β-unsaturated/α-hetero) is 1. The van der Waals surface area contributed by atoms with Crippen molar-refractivity contribution >= 4 is 24.0 Å². The summed E-state index contributed by atoms with van der Waals surface area (Å²) in [7, 11) is 1.49. The van der Waals surface area contributed by atoms with Crippen molar-refractivity contribution in [1.82, 2.24) is 15.4 Å². The van der Waals surface area contributed by atoms with E-state index in [-0.39, 0.29) is 12.3 Å². The molecule has 1 heterocycles. The third-order valence-corrected chi connectivity index (χ3v) is 4.15. The summed E-state index contributed by atoms with van der Waals surface area (Å²) in [6.07, 6.45) is 6.63. The average Bonchev–Trinajstić information content (AvgIpc) is 3.33. The molecular weight excluding hydrogens is 310 g/mol. The number of fused-ring (bicyclic) bond motifs is 1. The van der Waals surface area contributed by atoms with Crippen LogP contribution in [0, 0.1) is 11.8 Å². The molecule has 2 aliphatic carbocycles. The van der Waals surface area contributed by atoms with Crippen molar-refractivity contribution in [2.75, 3.05) is 19.9 Å². The zero-order chi connectivity index (χ0) is 17.0. The van der Waals surface area contributed by atoms with E-state index in [1.807, 2.05) is 0 Å². The lowest BCUT2D eigenvalue weighted by atomic mass is 9.96. The lowest BCUT2D eigenvalue weighted by Gasteiger charge is -2.10. The normalized spacial score (nSPS) is 16.3.